The van der Waals surface area contributed by atoms with Gasteiger partial charge in [0.1, 0.15) is 18.4 Å². The molecule has 11 heteroatoms. The lowest BCUT2D eigenvalue weighted by Gasteiger charge is -2.22. The molecule has 0 radical (unpaired) electrons. The molecule has 170 valence electrons. The predicted molar refractivity (Wildman–Crippen MR) is 103 cm³/mol. The van der Waals surface area contributed by atoms with Gasteiger partial charge < -0.3 is 4.90 Å². The van der Waals surface area contributed by atoms with Crippen molar-refractivity contribution in [1.82, 2.24) is 14.9 Å². The van der Waals surface area contributed by atoms with Crippen molar-refractivity contribution in [2.24, 2.45) is 5.92 Å². The Bertz CT molecular complexity index is 1010. The number of hydrogen-bond donors (Lipinski definition) is 1. The summed E-state index contributed by atoms with van der Waals surface area (Å²) in [5, 5.41) is 2.23. The molecule has 1 heterocycles. The van der Waals surface area contributed by atoms with Crippen LogP contribution in [-0.4, -0.2) is 45.9 Å². The average molecular weight is 454 g/mol. The van der Waals surface area contributed by atoms with E-state index in [2.05, 4.69) is 15.3 Å². The van der Waals surface area contributed by atoms with Gasteiger partial charge in [-0.15, -0.1) is 0 Å². The van der Waals surface area contributed by atoms with Crippen LogP contribution >= 0.6 is 0 Å². The van der Waals surface area contributed by atoms with Crippen molar-refractivity contribution >= 4 is 17.8 Å². The summed E-state index contributed by atoms with van der Waals surface area (Å²) in [6.07, 6.45) is -3.48. The van der Waals surface area contributed by atoms with E-state index in [1.54, 1.807) is 0 Å². The summed E-state index contributed by atoms with van der Waals surface area (Å²) in [6, 6.07) is 5.95. The third-order valence-electron chi connectivity index (χ3n) is 5.48. The van der Waals surface area contributed by atoms with Crippen molar-refractivity contribution in [3.8, 4) is 0 Å². The zero-order chi connectivity index (χ0) is 23.1. The van der Waals surface area contributed by atoms with Gasteiger partial charge in [-0.2, -0.15) is 13.2 Å². The number of hydrogen-bond acceptors (Lipinski definition) is 4. The molecule has 2 amide bonds. The van der Waals surface area contributed by atoms with Crippen LogP contribution in [0.5, 0.6) is 0 Å². The number of benzene rings is 1. The summed E-state index contributed by atoms with van der Waals surface area (Å²) in [5.41, 5.74) is -1.73. The van der Waals surface area contributed by atoms with Crippen molar-refractivity contribution in [3.63, 3.8) is 0 Å². The van der Waals surface area contributed by atoms with Crippen LogP contribution in [0.25, 0.3) is 0 Å². The lowest BCUT2D eigenvalue weighted by Crippen LogP contribution is -2.39. The number of carbonyl (C=O) groups excluding carboxylic acids is 2. The van der Waals surface area contributed by atoms with Gasteiger partial charge in [-0.05, 0) is 37.0 Å². The van der Waals surface area contributed by atoms with Gasteiger partial charge in [0.15, 0.2) is 0 Å². The molecule has 2 aliphatic rings. The van der Waals surface area contributed by atoms with Crippen LogP contribution in [-0.2, 0) is 16.6 Å². The van der Waals surface area contributed by atoms with Gasteiger partial charge in [0.05, 0.1) is 5.56 Å². The highest BCUT2D eigenvalue weighted by Gasteiger charge is 2.45. The maximum absolute atomic E-state index is 14.2. The van der Waals surface area contributed by atoms with Gasteiger partial charge in [0.25, 0.3) is 5.91 Å². The number of amides is 2. The SMILES string of the molecule is O=C(CN(CC1CC1F)C(=O)c1ccc(C2(F)CC2)cc1)Nc1ncc(C(F)(F)F)cn1. The second-order valence-corrected chi connectivity index (χ2v) is 8.08. The van der Waals surface area contributed by atoms with Crippen molar-refractivity contribution in [1.29, 1.82) is 0 Å². The van der Waals surface area contributed by atoms with Crippen molar-refractivity contribution in [3.05, 3.63) is 53.3 Å². The molecule has 2 atom stereocenters. The van der Waals surface area contributed by atoms with E-state index in [1.807, 2.05) is 0 Å². The highest BCUT2D eigenvalue weighted by molar-refractivity contribution is 5.99. The number of halogens is 5. The highest BCUT2D eigenvalue weighted by Crippen LogP contribution is 2.49. The van der Waals surface area contributed by atoms with E-state index in [9.17, 15) is 31.5 Å². The Kier molecular flexibility index (Phi) is 5.59. The normalized spacial score (nSPS) is 21.0. The fourth-order valence-electron chi connectivity index (χ4n) is 3.27. The van der Waals surface area contributed by atoms with E-state index >= 15 is 0 Å². The smallest absolute Gasteiger partial charge is 0.329 e. The quantitative estimate of drug-likeness (QED) is 0.645. The zero-order valence-corrected chi connectivity index (χ0v) is 16.7. The fraction of sp³-hybridized carbons (Fsp3) is 0.429. The van der Waals surface area contributed by atoms with Gasteiger partial charge in [0, 0.05) is 30.4 Å². The van der Waals surface area contributed by atoms with E-state index in [4.69, 9.17) is 0 Å². The maximum atomic E-state index is 14.2. The van der Waals surface area contributed by atoms with Gasteiger partial charge in [-0.25, -0.2) is 18.7 Å². The van der Waals surface area contributed by atoms with Crippen molar-refractivity contribution in [2.45, 2.75) is 37.3 Å². The van der Waals surface area contributed by atoms with E-state index < -0.39 is 47.9 Å². The predicted octanol–water partition coefficient (Wildman–Crippen LogP) is 3.89. The molecule has 0 bridgehead atoms. The van der Waals surface area contributed by atoms with Gasteiger partial charge in [-0.3, -0.25) is 14.9 Å². The number of nitrogens with one attached hydrogen (secondary N) is 1. The molecule has 2 aromatic rings. The Hall–Kier alpha value is -3.11. The summed E-state index contributed by atoms with van der Waals surface area (Å²) >= 11 is 0. The van der Waals surface area contributed by atoms with E-state index in [0.29, 0.717) is 30.8 Å². The minimum atomic E-state index is -4.62. The molecular weight excluding hydrogens is 435 g/mol. The van der Waals surface area contributed by atoms with E-state index in [-0.39, 0.29) is 24.5 Å². The number of carbonyl (C=O) groups is 2. The summed E-state index contributed by atoms with van der Waals surface area (Å²) in [6.45, 7) is -0.475. The number of rotatable bonds is 7. The van der Waals surface area contributed by atoms with E-state index in [1.165, 1.54) is 24.3 Å². The molecular formula is C21H19F5N4O2. The molecule has 1 aromatic heterocycles. The first-order chi connectivity index (χ1) is 15.0. The number of aromatic nitrogens is 2. The molecule has 32 heavy (non-hydrogen) atoms. The molecule has 2 unspecified atom stereocenters. The van der Waals surface area contributed by atoms with Crippen LogP contribution in [0.2, 0.25) is 0 Å². The van der Waals surface area contributed by atoms with Crippen molar-refractivity contribution in [2.75, 3.05) is 18.4 Å². The Labute approximate surface area is 179 Å². The van der Waals surface area contributed by atoms with E-state index in [0.717, 1.165) is 4.90 Å². The Morgan fingerprint density at radius 2 is 1.72 bits per heavy atom. The topological polar surface area (TPSA) is 75.2 Å². The van der Waals surface area contributed by atoms with Crippen LogP contribution in [0, 0.1) is 5.92 Å². The van der Waals surface area contributed by atoms with Crippen LogP contribution in [0.3, 0.4) is 0 Å². The van der Waals surface area contributed by atoms with Crippen LogP contribution in [0.1, 0.15) is 40.7 Å². The minimum Gasteiger partial charge on any atom is -0.329 e. The molecule has 1 N–H and O–H groups in total. The summed E-state index contributed by atoms with van der Waals surface area (Å²) in [7, 11) is 0. The number of nitrogens with zero attached hydrogens (tertiary/aromatic N) is 3. The number of alkyl halides is 5. The molecule has 0 saturated heterocycles. The fourth-order valence-corrected chi connectivity index (χ4v) is 3.27. The maximum Gasteiger partial charge on any atom is 0.419 e. The molecule has 2 aliphatic carbocycles. The molecule has 2 saturated carbocycles. The first-order valence-electron chi connectivity index (χ1n) is 9.97. The largest absolute Gasteiger partial charge is 0.419 e. The lowest BCUT2D eigenvalue weighted by atomic mass is 10.1. The van der Waals surface area contributed by atoms with Crippen molar-refractivity contribution < 1.29 is 31.5 Å². The molecule has 6 nitrogen and oxygen atoms in total. The van der Waals surface area contributed by atoms with Gasteiger partial charge >= 0.3 is 6.18 Å². The third kappa shape index (κ3) is 5.03. The average Bonchev–Trinajstić information content (AvgIpc) is 3.66. The molecule has 0 aliphatic heterocycles. The summed E-state index contributed by atoms with van der Waals surface area (Å²) in [4.78, 5) is 33.3. The number of anilines is 1. The summed E-state index contributed by atoms with van der Waals surface area (Å²) < 4.78 is 65.4. The third-order valence-corrected chi connectivity index (χ3v) is 5.48. The Morgan fingerprint density at radius 3 is 2.22 bits per heavy atom. The standard InChI is InChI=1S/C21H19F5N4O2/c22-16-7-13(16)10-30(18(32)12-1-3-14(4-2-12)20(23)5-6-20)11-17(31)29-19-27-8-15(9-28-19)21(24,25)26/h1-4,8-9,13,16H,5-7,10-11H2,(H,27,28,29,31). The second-order valence-electron chi connectivity index (χ2n) is 8.08. The molecule has 4 rings (SSSR count). The Balaban J connectivity index is 1.43. The second kappa shape index (κ2) is 8.10. The first kappa shape index (κ1) is 22.1. The molecule has 2 fully saturated rings. The highest BCUT2D eigenvalue weighted by atomic mass is 19.4. The van der Waals surface area contributed by atoms with Gasteiger partial charge in [0.2, 0.25) is 11.9 Å². The monoisotopic (exact) mass is 454 g/mol. The van der Waals surface area contributed by atoms with Crippen LogP contribution < -0.4 is 5.32 Å². The summed E-state index contributed by atoms with van der Waals surface area (Å²) in [5.74, 6) is -2.03. The molecule has 0 spiro atoms. The van der Waals surface area contributed by atoms with Crippen LogP contribution in [0.15, 0.2) is 36.7 Å². The van der Waals surface area contributed by atoms with Crippen LogP contribution in [0.4, 0.5) is 27.9 Å². The van der Waals surface area contributed by atoms with Gasteiger partial charge in [-0.1, -0.05) is 12.1 Å². The Morgan fingerprint density at radius 1 is 1.12 bits per heavy atom. The zero-order valence-electron chi connectivity index (χ0n) is 16.7. The molecule has 1 aromatic carbocycles. The minimum absolute atomic E-state index is 0.00388. The first-order valence-corrected chi connectivity index (χ1v) is 9.97. The lowest BCUT2D eigenvalue weighted by molar-refractivity contribution is -0.138.